The maximum Gasteiger partial charge on any atom is 0.225 e. The highest BCUT2D eigenvalue weighted by molar-refractivity contribution is 5.49. The van der Waals surface area contributed by atoms with Crippen molar-refractivity contribution in [2.45, 2.75) is 65.1 Å². The fraction of sp³-hybridized carbons (Fsp3) is 0.545. The molecule has 0 aliphatic carbocycles. The molecule has 1 aromatic carbocycles. The van der Waals surface area contributed by atoms with E-state index in [9.17, 15) is 10.2 Å². The van der Waals surface area contributed by atoms with Gasteiger partial charge in [-0.3, -0.25) is 0 Å². The lowest BCUT2D eigenvalue weighted by Gasteiger charge is -2.31. The van der Waals surface area contributed by atoms with Gasteiger partial charge >= 0.3 is 0 Å². The first kappa shape index (κ1) is 20.6. The van der Waals surface area contributed by atoms with Crippen molar-refractivity contribution >= 4 is 11.8 Å². The van der Waals surface area contributed by atoms with E-state index in [4.69, 9.17) is 4.98 Å². The molecule has 0 bridgehead atoms. The van der Waals surface area contributed by atoms with Gasteiger partial charge in [0.25, 0.3) is 0 Å². The van der Waals surface area contributed by atoms with E-state index < -0.39 is 5.60 Å². The Bertz CT molecular complexity index is 830. The van der Waals surface area contributed by atoms with E-state index in [0.717, 1.165) is 36.6 Å². The summed E-state index contributed by atoms with van der Waals surface area (Å²) in [6.45, 7) is 11.5. The molecule has 0 saturated carbocycles. The van der Waals surface area contributed by atoms with Crippen molar-refractivity contribution in [3.8, 4) is 0 Å². The molecule has 1 aromatic heterocycles. The number of aromatic nitrogens is 2. The highest BCUT2D eigenvalue weighted by Crippen LogP contribution is 2.29. The molecular weight excluding hydrogens is 352 g/mol. The minimum absolute atomic E-state index is 0.0330. The molecule has 0 amide bonds. The molecule has 3 N–H and O–H groups in total. The number of rotatable bonds is 6. The summed E-state index contributed by atoms with van der Waals surface area (Å²) in [7, 11) is 0. The normalized spacial score (nSPS) is 15.5. The van der Waals surface area contributed by atoms with Crippen LogP contribution in [0.5, 0.6) is 0 Å². The quantitative estimate of drug-likeness (QED) is 0.710. The van der Waals surface area contributed by atoms with Gasteiger partial charge in [0.2, 0.25) is 5.95 Å². The molecule has 0 fully saturated rings. The summed E-state index contributed by atoms with van der Waals surface area (Å²) in [5.41, 5.74) is 3.67. The van der Waals surface area contributed by atoms with Crippen LogP contribution in [0.3, 0.4) is 0 Å². The minimum Gasteiger partial charge on any atom is -0.394 e. The van der Waals surface area contributed by atoms with E-state index in [1.165, 1.54) is 11.1 Å². The summed E-state index contributed by atoms with van der Waals surface area (Å²) in [5, 5.41) is 22.8. The van der Waals surface area contributed by atoms with Crippen LogP contribution in [0.25, 0.3) is 0 Å². The van der Waals surface area contributed by atoms with Crippen LogP contribution in [0.4, 0.5) is 11.8 Å². The molecular formula is C22H32N4O2. The zero-order chi connectivity index (χ0) is 20.5. The van der Waals surface area contributed by atoms with Crippen molar-refractivity contribution in [2.24, 2.45) is 0 Å². The van der Waals surface area contributed by atoms with Crippen molar-refractivity contribution in [2.75, 3.05) is 23.4 Å². The lowest BCUT2D eigenvalue weighted by atomic mass is 9.91. The van der Waals surface area contributed by atoms with Gasteiger partial charge in [-0.25, -0.2) is 4.98 Å². The zero-order valence-corrected chi connectivity index (χ0v) is 17.5. The van der Waals surface area contributed by atoms with Crippen molar-refractivity contribution < 1.29 is 10.2 Å². The van der Waals surface area contributed by atoms with Gasteiger partial charge in [0, 0.05) is 25.2 Å². The van der Waals surface area contributed by atoms with E-state index in [1.807, 2.05) is 26.8 Å². The molecule has 1 atom stereocenters. The van der Waals surface area contributed by atoms with Gasteiger partial charge in [0.05, 0.1) is 17.9 Å². The van der Waals surface area contributed by atoms with Gasteiger partial charge in [-0.05, 0) is 49.8 Å². The van der Waals surface area contributed by atoms with E-state index in [1.54, 1.807) is 0 Å². The first-order chi connectivity index (χ1) is 13.2. The highest BCUT2D eigenvalue weighted by Gasteiger charge is 2.23. The van der Waals surface area contributed by atoms with Crippen molar-refractivity contribution in [1.29, 1.82) is 0 Å². The third-order valence-corrected chi connectivity index (χ3v) is 5.22. The third kappa shape index (κ3) is 4.62. The van der Waals surface area contributed by atoms with Crippen molar-refractivity contribution in [1.82, 2.24) is 9.97 Å². The van der Waals surface area contributed by atoms with Crippen LogP contribution in [-0.2, 0) is 18.6 Å². The smallest absolute Gasteiger partial charge is 0.225 e. The van der Waals surface area contributed by atoms with Crippen LogP contribution in [0.2, 0.25) is 0 Å². The Balaban J connectivity index is 1.88. The molecule has 28 heavy (non-hydrogen) atoms. The van der Waals surface area contributed by atoms with Gasteiger partial charge in [-0.1, -0.05) is 32.0 Å². The number of aliphatic hydroxyl groups is 2. The average Bonchev–Trinajstić information content (AvgIpc) is 2.66. The molecule has 1 aliphatic heterocycles. The van der Waals surface area contributed by atoms with E-state index in [0.29, 0.717) is 5.95 Å². The summed E-state index contributed by atoms with van der Waals surface area (Å²) < 4.78 is 0. The number of anilines is 2. The standard InChI is InChI=1S/C22H32N4O2/c1-14(2)19-11-20(25-21(24-19)23-15(3)13-27)26-9-8-16-10-18(22(4,5)28)7-6-17(16)12-26/h6-7,10-11,14-15,27-28H,8-9,12-13H2,1-5H3,(H,23,24,25)/t15-/m1/s1. The average molecular weight is 385 g/mol. The van der Waals surface area contributed by atoms with Crippen LogP contribution in [-0.4, -0.2) is 39.4 Å². The molecule has 1 aliphatic rings. The van der Waals surface area contributed by atoms with E-state index >= 15 is 0 Å². The maximum absolute atomic E-state index is 10.3. The molecule has 2 aromatic rings. The molecule has 2 heterocycles. The minimum atomic E-state index is -0.824. The number of fused-ring (bicyclic) bond motifs is 1. The summed E-state index contributed by atoms with van der Waals surface area (Å²) in [4.78, 5) is 11.6. The van der Waals surface area contributed by atoms with Crippen molar-refractivity contribution in [3.63, 3.8) is 0 Å². The van der Waals surface area contributed by atoms with Gasteiger partial charge in [0.15, 0.2) is 0 Å². The largest absolute Gasteiger partial charge is 0.394 e. The molecule has 3 rings (SSSR count). The predicted molar refractivity (Wildman–Crippen MR) is 113 cm³/mol. The molecule has 0 spiro atoms. The van der Waals surface area contributed by atoms with Crippen LogP contribution in [0.15, 0.2) is 24.3 Å². The van der Waals surface area contributed by atoms with Crippen LogP contribution < -0.4 is 10.2 Å². The fourth-order valence-electron chi connectivity index (χ4n) is 3.37. The number of nitrogens with one attached hydrogen (secondary N) is 1. The number of benzene rings is 1. The Labute approximate surface area is 167 Å². The number of nitrogens with zero attached hydrogens (tertiary/aromatic N) is 3. The third-order valence-electron chi connectivity index (χ3n) is 5.22. The van der Waals surface area contributed by atoms with Gasteiger partial charge in [0.1, 0.15) is 5.82 Å². The first-order valence-electron chi connectivity index (χ1n) is 10.0. The summed E-state index contributed by atoms with van der Waals surface area (Å²) in [6, 6.07) is 8.22. The topological polar surface area (TPSA) is 81.5 Å². The number of hydrogen-bond acceptors (Lipinski definition) is 6. The second kappa shape index (κ2) is 8.05. The zero-order valence-electron chi connectivity index (χ0n) is 17.5. The Morgan fingerprint density at radius 3 is 2.54 bits per heavy atom. The summed E-state index contributed by atoms with van der Waals surface area (Å²) in [5.74, 6) is 1.76. The monoisotopic (exact) mass is 384 g/mol. The Hall–Kier alpha value is -2.18. The maximum atomic E-state index is 10.3. The van der Waals surface area contributed by atoms with Gasteiger partial charge in [-0.2, -0.15) is 4.98 Å². The Morgan fingerprint density at radius 2 is 1.89 bits per heavy atom. The van der Waals surface area contributed by atoms with Crippen LogP contribution in [0, 0.1) is 0 Å². The second-order valence-electron chi connectivity index (χ2n) is 8.57. The molecule has 0 unspecified atom stereocenters. The number of aliphatic hydroxyl groups excluding tert-OH is 1. The predicted octanol–water partition coefficient (Wildman–Crippen LogP) is 3.18. The second-order valence-corrected chi connectivity index (χ2v) is 8.57. The lowest BCUT2D eigenvalue weighted by Crippen LogP contribution is -2.32. The first-order valence-corrected chi connectivity index (χ1v) is 10.0. The van der Waals surface area contributed by atoms with E-state index in [-0.39, 0.29) is 18.6 Å². The van der Waals surface area contributed by atoms with Crippen LogP contribution >= 0.6 is 0 Å². The lowest BCUT2D eigenvalue weighted by molar-refractivity contribution is 0.0785. The summed E-state index contributed by atoms with van der Waals surface area (Å²) in [6.07, 6.45) is 0.913. The Morgan fingerprint density at radius 1 is 1.14 bits per heavy atom. The molecule has 0 radical (unpaired) electrons. The SMILES string of the molecule is CC(C)c1cc(N2CCc3cc(C(C)(C)O)ccc3C2)nc(N[C@H](C)CO)n1. The van der Waals surface area contributed by atoms with Gasteiger partial charge in [-0.15, -0.1) is 0 Å². The molecule has 6 nitrogen and oxygen atoms in total. The summed E-state index contributed by atoms with van der Waals surface area (Å²) >= 11 is 0. The fourth-order valence-corrected chi connectivity index (χ4v) is 3.37. The van der Waals surface area contributed by atoms with E-state index in [2.05, 4.69) is 47.2 Å². The highest BCUT2D eigenvalue weighted by atomic mass is 16.3. The van der Waals surface area contributed by atoms with Gasteiger partial charge < -0.3 is 20.4 Å². The van der Waals surface area contributed by atoms with Crippen molar-refractivity contribution in [3.05, 3.63) is 46.6 Å². The molecule has 152 valence electrons. The number of hydrogen-bond donors (Lipinski definition) is 3. The Kier molecular flexibility index (Phi) is 5.91. The molecule has 6 heteroatoms. The van der Waals surface area contributed by atoms with Crippen LogP contribution in [0.1, 0.15) is 62.9 Å². The molecule has 0 saturated heterocycles.